The highest BCUT2D eigenvalue weighted by atomic mass is 19.4. The normalized spacial score (nSPS) is 11.0. The fourth-order valence-corrected chi connectivity index (χ4v) is 1.84. The van der Waals surface area contributed by atoms with Gasteiger partial charge in [0, 0.05) is 6.20 Å². The van der Waals surface area contributed by atoms with E-state index in [1.54, 1.807) is 24.3 Å². The van der Waals surface area contributed by atoms with Crippen molar-refractivity contribution in [1.82, 2.24) is 10.3 Å². The van der Waals surface area contributed by atoms with Gasteiger partial charge in [0.1, 0.15) is 18.1 Å². The van der Waals surface area contributed by atoms with Crippen molar-refractivity contribution in [3.63, 3.8) is 0 Å². The van der Waals surface area contributed by atoms with E-state index in [1.807, 2.05) is 5.32 Å². The minimum atomic E-state index is -4.48. The molecule has 5 nitrogen and oxygen atoms in total. The first-order valence-corrected chi connectivity index (χ1v) is 6.61. The Labute approximate surface area is 130 Å². The Morgan fingerprint density at radius 3 is 2.65 bits per heavy atom. The van der Waals surface area contributed by atoms with E-state index in [0.29, 0.717) is 11.4 Å². The molecule has 0 bridgehead atoms. The summed E-state index contributed by atoms with van der Waals surface area (Å²) in [5.74, 6) is -0.218. The number of nitrogens with one attached hydrogen (secondary N) is 2. The Bertz CT molecular complexity index is 690. The average Bonchev–Trinajstić information content (AvgIpc) is 2.53. The quantitative estimate of drug-likeness (QED) is 0.886. The lowest BCUT2D eigenvalue weighted by molar-refractivity contribution is -0.123. The highest BCUT2D eigenvalue weighted by Crippen LogP contribution is 2.27. The van der Waals surface area contributed by atoms with E-state index in [9.17, 15) is 18.0 Å². The zero-order valence-electron chi connectivity index (χ0n) is 12.1. The van der Waals surface area contributed by atoms with Gasteiger partial charge in [-0.25, -0.2) is 4.98 Å². The molecular weight excluding hydrogens is 311 g/mol. The Kier molecular flexibility index (Phi) is 5.05. The molecule has 23 heavy (non-hydrogen) atoms. The number of carbonyl (C=O) groups is 1. The van der Waals surface area contributed by atoms with Gasteiger partial charge in [0.25, 0.3) is 5.91 Å². The molecule has 0 aliphatic rings. The number of para-hydroxylation sites is 2. The topological polar surface area (TPSA) is 63.2 Å². The molecule has 2 aromatic rings. The number of methoxy groups -OCH3 is 1. The molecule has 1 aromatic heterocycles. The van der Waals surface area contributed by atoms with Crippen LogP contribution >= 0.6 is 0 Å². The molecule has 0 saturated heterocycles. The molecule has 2 rings (SSSR count). The number of aromatic nitrogens is 1. The summed E-state index contributed by atoms with van der Waals surface area (Å²) in [6.07, 6.45) is -3.05. The van der Waals surface area contributed by atoms with E-state index in [1.165, 1.54) is 25.4 Å². The van der Waals surface area contributed by atoms with Gasteiger partial charge in [0.15, 0.2) is 0 Å². The zero-order valence-corrected chi connectivity index (χ0v) is 12.1. The molecule has 0 fully saturated rings. The van der Waals surface area contributed by atoms with Crippen molar-refractivity contribution in [3.8, 4) is 5.75 Å². The summed E-state index contributed by atoms with van der Waals surface area (Å²) in [7, 11) is 1.48. The number of benzene rings is 1. The number of amides is 1. The van der Waals surface area contributed by atoms with Gasteiger partial charge in [0.2, 0.25) is 0 Å². The largest absolute Gasteiger partial charge is 0.495 e. The highest BCUT2D eigenvalue weighted by Gasteiger charge is 2.28. The summed E-state index contributed by atoms with van der Waals surface area (Å²) in [5.41, 5.74) is 0.543. The van der Waals surface area contributed by atoms with Crippen LogP contribution in [-0.4, -0.2) is 30.7 Å². The summed E-state index contributed by atoms with van der Waals surface area (Å²) in [4.78, 5) is 15.9. The molecule has 1 aromatic carbocycles. The predicted octanol–water partition coefficient (Wildman–Crippen LogP) is 3.13. The number of carbonyl (C=O) groups excluding carboxylic acids is 1. The SMILES string of the molecule is COc1ccccc1Nc1ncccc1C(=O)NCC(F)(F)F. The van der Waals surface area contributed by atoms with E-state index in [4.69, 9.17) is 4.74 Å². The van der Waals surface area contributed by atoms with E-state index < -0.39 is 18.6 Å². The van der Waals surface area contributed by atoms with Crippen molar-refractivity contribution < 1.29 is 22.7 Å². The van der Waals surface area contributed by atoms with E-state index in [0.717, 1.165) is 0 Å². The van der Waals surface area contributed by atoms with Crippen molar-refractivity contribution in [1.29, 1.82) is 0 Å². The first-order chi connectivity index (χ1) is 10.9. The van der Waals surface area contributed by atoms with Crippen LogP contribution in [-0.2, 0) is 0 Å². The minimum absolute atomic E-state index is 0.00246. The maximum Gasteiger partial charge on any atom is 0.405 e. The molecule has 0 aliphatic carbocycles. The fraction of sp³-hybridized carbons (Fsp3) is 0.200. The van der Waals surface area contributed by atoms with Crippen LogP contribution < -0.4 is 15.4 Å². The molecule has 1 heterocycles. The van der Waals surface area contributed by atoms with Crippen LogP contribution in [0.5, 0.6) is 5.75 Å². The lowest BCUT2D eigenvalue weighted by Gasteiger charge is -2.14. The summed E-state index contributed by atoms with van der Waals surface area (Å²) in [6.45, 7) is -1.41. The number of hydrogen-bond acceptors (Lipinski definition) is 4. The Morgan fingerprint density at radius 1 is 1.22 bits per heavy atom. The molecule has 122 valence electrons. The van der Waals surface area contributed by atoms with Crippen LogP contribution in [0.2, 0.25) is 0 Å². The van der Waals surface area contributed by atoms with Crippen molar-refractivity contribution in [2.24, 2.45) is 0 Å². The van der Waals surface area contributed by atoms with E-state index in [-0.39, 0.29) is 11.4 Å². The van der Waals surface area contributed by atoms with Crippen LogP contribution in [0.3, 0.4) is 0 Å². The number of rotatable bonds is 5. The Morgan fingerprint density at radius 2 is 1.96 bits per heavy atom. The van der Waals surface area contributed by atoms with Gasteiger partial charge in [-0.1, -0.05) is 12.1 Å². The first kappa shape index (κ1) is 16.6. The Hall–Kier alpha value is -2.77. The summed E-state index contributed by atoms with van der Waals surface area (Å²) in [5, 5.41) is 4.71. The number of anilines is 2. The maximum atomic E-state index is 12.2. The van der Waals surface area contributed by atoms with Crippen LogP contribution in [0.4, 0.5) is 24.7 Å². The van der Waals surface area contributed by atoms with Crippen LogP contribution in [0.1, 0.15) is 10.4 Å². The minimum Gasteiger partial charge on any atom is -0.495 e. The number of hydrogen-bond donors (Lipinski definition) is 2. The van der Waals surface area contributed by atoms with Gasteiger partial charge in [-0.2, -0.15) is 13.2 Å². The number of halogens is 3. The second-order valence-electron chi connectivity index (χ2n) is 4.52. The smallest absolute Gasteiger partial charge is 0.405 e. The number of ether oxygens (including phenoxy) is 1. The standard InChI is InChI=1S/C15H14F3N3O2/c1-23-12-7-3-2-6-11(12)21-13-10(5-4-8-19-13)14(22)20-9-15(16,17)18/h2-8H,9H2,1H3,(H,19,21)(H,20,22). The van der Waals surface area contributed by atoms with Crippen molar-refractivity contribution >= 4 is 17.4 Å². The molecule has 0 radical (unpaired) electrons. The summed E-state index contributed by atoms with van der Waals surface area (Å²) in [6, 6.07) is 9.77. The molecular formula is C15H14F3N3O2. The van der Waals surface area contributed by atoms with Crippen LogP contribution in [0.15, 0.2) is 42.6 Å². The zero-order chi connectivity index (χ0) is 16.9. The van der Waals surface area contributed by atoms with Gasteiger partial charge in [-0.15, -0.1) is 0 Å². The van der Waals surface area contributed by atoms with Crippen LogP contribution in [0, 0.1) is 0 Å². The molecule has 2 N–H and O–H groups in total. The second kappa shape index (κ2) is 6.99. The maximum absolute atomic E-state index is 12.2. The van der Waals surface area contributed by atoms with Gasteiger partial charge in [0.05, 0.1) is 18.4 Å². The third-order valence-corrected chi connectivity index (χ3v) is 2.86. The molecule has 0 saturated carbocycles. The third-order valence-electron chi connectivity index (χ3n) is 2.86. The van der Waals surface area contributed by atoms with Gasteiger partial charge < -0.3 is 15.4 Å². The van der Waals surface area contributed by atoms with Gasteiger partial charge in [-0.05, 0) is 24.3 Å². The summed E-state index contributed by atoms with van der Waals surface area (Å²) >= 11 is 0. The predicted molar refractivity (Wildman–Crippen MR) is 78.9 cm³/mol. The Balaban J connectivity index is 2.22. The lowest BCUT2D eigenvalue weighted by Crippen LogP contribution is -2.34. The number of alkyl halides is 3. The first-order valence-electron chi connectivity index (χ1n) is 6.61. The third kappa shape index (κ3) is 4.60. The average molecular weight is 325 g/mol. The van der Waals surface area contributed by atoms with Crippen molar-refractivity contribution in [2.75, 3.05) is 19.0 Å². The number of nitrogens with zero attached hydrogens (tertiary/aromatic N) is 1. The monoisotopic (exact) mass is 325 g/mol. The molecule has 0 atom stereocenters. The summed E-state index contributed by atoms with van der Waals surface area (Å²) < 4.78 is 41.8. The molecule has 0 aliphatic heterocycles. The van der Waals surface area contributed by atoms with Crippen LogP contribution in [0.25, 0.3) is 0 Å². The molecule has 1 amide bonds. The second-order valence-corrected chi connectivity index (χ2v) is 4.52. The number of pyridine rings is 1. The molecule has 0 unspecified atom stereocenters. The fourth-order valence-electron chi connectivity index (χ4n) is 1.84. The van der Waals surface area contributed by atoms with E-state index in [2.05, 4.69) is 10.3 Å². The lowest BCUT2D eigenvalue weighted by atomic mass is 10.2. The van der Waals surface area contributed by atoms with E-state index >= 15 is 0 Å². The van der Waals surface area contributed by atoms with Gasteiger partial charge in [-0.3, -0.25) is 4.79 Å². The highest BCUT2D eigenvalue weighted by molar-refractivity contribution is 5.99. The van der Waals surface area contributed by atoms with Crippen molar-refractivity contribution in [3.05, 3.63) is 48.2 Å². The van der Waals surface area contributed by atoms with Gasteiger partial charge >= 0.3 is 6.18 Å². The van der Waals surface area contributed by atoms with Crippen molar-refractivity contribution in [2.45, 2.75) is 6.18 Å². The molecule has 0 spiro atoms. The molecule has 8 heteroatoms.